The van der Waals surface area contributed by atoms with Crippen molar-refractivity contribution in [2.24, 2.45) is 0 Å². The van der Waals surface area contributed by atoms with Crippen LogP contribution in [0, 0.1) is 6.92 Å². The Balaban J connectivity index is 2.30. The van der Waals surface area contributed by atoms with Crippen LogP contribution in [-0.2, 0) is 16.0 Å². The van der Waals surface area contributed by atoms with Crippen LogP contribution in [0.15, 0.2) is 5.38 Å². The second-order valence-electron chi connectivity index (χ2n) is 3.63. The average Bonchev–Trinajstić information content (AvgIpc) is 2.63. The van der Waals surface area contributed by atoms with Crippen LogP contribution in [-0.4, -0.2) is 36.3 Å². The summed E-state index contributed by atoms with van der Waals surface area (Å²) in [5, 5.41) is 2.45. The summed E-state index contributed by atoms with van der Waals surface area (Å²) in [6, 6.07) is 0. The number of ether oxygens (including phenoxy) is 1. The predicted molar refractivity (Wildman–Crippen MR) is 57.3 cm³/mol. The van der Waals surface area contributed by atoms with Crippen molar-refractivity contribution in [3.8, 4) is 0 Å². The standard InChI is InChI=1S/C10H11F4NO2S/c1-6-15-7(4-18-6)2-8(16)3-17-5-10(13,14)9(11)12/h4,9H,2-3,5H2,1H3. The molecule has 102 valence electrons. The summed E-state index contributed by atoms with van der Waals surface area (Å²) in [5.41, 5.74) is 0.520. The fourth-order valence-electron chi connectivity index (χ4n) is 1.11. The van der Waals surface area contributed by atoms with E-state index in [0.717, 1.165) is 5.01 Å². The number of carbonyl (C=O) groups excluding carboxylic acids is 1. The Kier molecular flexibility index (Phi) is 5.21. The number of ketones is 1. The number of Topliss-reactive ketones (excluding diaryl/α,β-unsaturated/α-hetero) is 1. The molecule has 0 atom stereocenters. The van der Waals surface area contributed by atoms with Gasteiger partial charge in [-0.25, -0.2) is 13.8 Å². The van der Waals surface area contributed by atoms with Gasteiger partial charge in [0.25, 0.3) is 0 Å². The van der Waals surface area contributed by atoms with Crippen molar-refractivity contribution >= 4 is 17.1 Å². The third-order valence-electron chi connectivity index (χ3n) is 1.92. The topological polar surface area (TPSA) is 39.2 Å². The molecule has 1 aromatic heterocycles. The number of alkyl halides is 4. The zero-order chi connectivity index (χ0) is 13.8. The number of carbonyl (C=O) groups is 1. The number of aromatic nitrogens is 1. The van der Waals surface area contributed by atoms with E-state index >= 15 is 0 Å². The molecule has 1 rings (SSSR count). The minimum absolute atomic E-state index is 0.0510. The highest BCUT2D eigenvalue weighted by Gasteiger charge is 2.41. The van der Waals surface area contributed by atoms with Gasteiger partial charge >= 0.3 is 12.3 Å². The minimum atomic E-state index is -4.22. The van der Waals surface area contributed by atoms with E-state index in [9.17, 15) is 22.4 Å². The molecule has 0 amide bonds. The maximum Gasteiger partial charge on any atom is 0.330 e. The highest BCUT2D eigenvalue weighted by atomic mass is 32.1. The maximum absolute atomic E-state index is 12.4. The van der Waals surface area contributed by atoms with E-state index in [-0.39, 0.29) is 6.42 Å². The number of hydrogen-bond acceptors (Lipinski definition) is 4. The van der Waals surface area contributed by atoms with Crippen LogP contribution >= 0.6 is 11.3 Å². The smallest absolute Gasteiger partial charge is 0.330 e. The fraction of sp³-hybridized carbons (Fsp3) is 0.600. The summed E-state index contributed by atoms with van der Waals surface area (Å²) in [5.74, 6) is -4.71. The van der Waals surface area contributed by atoms with E-state index in [0.29, 0.717) is 5.69 Å². The largest absolute Gasteiger partial charge is 0.367 e. The van der Waals surface area contributed by atoms with Crippen molar-refractivity contribution in [2.45, 2.75) is 25.7 Å². The van der Waals surface area contributed by atoms with Crippen molar-refractivity contribution in [2.75, 3.05) is 13.2 Å². The Labute approximate surface area is 105 Å². The second kappa shape index (κ2) is 6.24. The molecular weight excluding hydrogens is 274 g/mol. The number of rotatable bonds is 7. The number of halogens is 4. The van der Waals surface area contributed by atoms with Gasteiger partial charge in [-0.2, -0.15) is 8.78 Å². The first-order valence-corrected chi connectivity index (χ1v) is 5.85. The molecule has 0 saturated carbocycles. The van der Waals surface area contributed by atoms with Crippen LogP contribution in [0.2, 0.25) is 0 Å². The lowest BCUT2D eigenvalue weighted by molar-refractivity contribution is -0.168. The van der Waals surface area contributed by atoms with Crippen molar-refractivity contribution in [3.63, 3.8) is 0 Å². The molecule has 0 saturated heterocycles. The molecule has 0 spiro atoms. The Hall–Kier alpha value is -1.02. The van der Waals surface area contributed by atoms with Crippen LogP contribution in [0.3, 0.4) is 0 Å². The summed E-state index contributed by atoms with van der Waals surface area (Å²) >= 11 is 1.36. The zero-order valence-electron chi connectivity index (χ0n) is 9.46. The van der Waals surface area contributed by atoms with Crippen molar-refractivity contribution in [1.29, 1.82) is 0 Å². The molecule has 0 fully saturated rings. The first-order valence-electron chi connectivity index (χ1n) is 4.97. The maximum atomic E-state index is 12.4. The van der Waals surface area contributed by atoms with Gasteiger partial charge in [0.05, 0.1) is 17.1 Å². The molecule has 18 heavy (non-hydrogen) atoms. The molecular formula is C10H11F4NO2S. The van der Waals surface area contributed by atoms with Gasteiger partial charge < -0.3 is 4.74 Å². The number of thiazole rings is 1. The van der Waals surface area contributed by atoms with Crippen LogP contribution in [0.5, 0.6) is 0 Å². The lowest BCUT2D eigenvalue weighted by Crippen LogP contribution is -2.33. The summed E-state index contributed by atoms with van der Waals surface area (Å²) in [6.07, 6.45) is -3.85. The molecule has 8 heteroatoms. The monoisotopic (exact) mass is 285 g/mol. The molecule has 0 N–H and O–H groups in total. The number of aryl methyl sites for hydroxylation is 1. The molecule has 0 radical (unpaired) electrons. The molecule has 0 bridgehead atoms. The SMILES string of the molecule is Cc1nc(CC(=O)COCC(F)(F)C(F)F)cs1. The number of hydrogen-bond donors (Lipinski definition) is 0. The van der Waals surface area contributed by atoms with Gasteiger partial charge in [0.15, 0.2) is 5.78 Å². The Morgan fingerprint density at radius 1 is 1.56 bits per heavy atom. The van der Waals surface area contributed by atoms with Crippen molar-refractivity contribution in [1.82, 2.24) is 4.98 Å². The van der Waals surface area contributed by atoms with Crippen LogP contribution in [0.1, 0.15) is 10.7 Å². The van der Waals surface area contributed by atoms with Gasteiger partial charge in [-0.1, -0.05) is 0 Å². The zero-order valence-corrected chi connectivity index (χ0v) is 10.3. The number of nitrogens with zero attached hydrogens (tertiary/aromatic N) is 1. The third kappa shape index (κ3) is 4.69. The fourth-order valence-corrected chi connectivity index (χ4v) is 1.72. The van der Waals surface area contributed by atoms with Crippen molar-refractivity contribution in [3.05, 3.63) is 16.1 Å². The third-order valence-corrected chi connectivity index (χ3v) is 2.74. The van der Waals surface area contributed by atoms with Gasteiger partial charge in [0.1, 0.15) is 13.2 Å². The summed E-state index contributed by atoms with van der Waals surface area (Å²) < 4.78 is 52.7. The highest BCUT2D eigenvalue weighted by Crippen LogP contribution is 2.22. The minimum Gasteiger partial charge on any atom is -0.367 e. The van der Waals surface area contributed by atoms with Crippen LogP contribution in [0.4, 0.5) is 17.6 Å². The Morgan fingerprint density at radius 2 is 2.22 bits per heavy atom. The summed E-state index contributed by atoms with van der Waals surface area (Å²) in [4.78, 5) is 15.3. The average molecular weight is 285 g/mol. The van der Waals surface area contributed by atoms with Crippen molar-refractivity contribution < 1.29 is 27.1 Å². The Bertz CT molecular complexity index is 408. The van der Waals surface area contributed by atoms with Crippen LogP contribution < -0.4 is 0 Å². The first kappa shape index (κ1) is 15.0. The summed E-state index contributed by atoms with van der Waals surface area (Å²) in [7, 11) is 0. The molecule has 0 unspecified atom stereocenters. The van der Waals surface area contributed by atoms with E-state index < -0.39 is 31.3 Å². The van der Waals surface area contributed by atoms with E-state index in [1.54, 1.807) is 12.3 Å². The van der Waals surface area contributed by atoms with Gasteiger partial charge in [-0.05, 0) is 6.92 Å². The van der Waals surface area contributed by atoms with E-state index in [1.807, 2.05) is 0 Å². The lowest BCUT2D eigenvalue weighted by atomic mass is 10.2. The normalized spacial score (nSPS) is 12.1. The Morgan fingerprint density at radius 3 is 2.72 bits per heavy atom. The molecule has 0 aromatic carbocycles. The molecule has 3 nitrogen and oxygen atoms in total. The molecule has 1 heterocycles. The van der Waals surface area contributed by atoms with E-state index in [1.165, 1.54) is 11.3 Å². The van der Waals surface area contributed by atoms with Gasteiger partial charge in [-0.3, -0.25) is 4.79 Å². The molecule has 0 aliphatic carbocycles. The predicted octanol–water partition coefficient (Wildman–Crippen LogP) is 2.48. The van der Waals surface area contributed by atoms with Gasteiger partial charge in [-0.15, -0.1) is 11.3 Å². The summed E-state index contributed by atoms with van der Waals surface area (Å²) in [6.45, 7) is -0.330. The molecule has 1 aromatic rings. The quantitative estimate of drug-likeness (QED) is 0.722. The molecule has 0 aliphatic heterocycles. The van der Waals surface area contributed by atoms with Gasteiger partial charge in [0.2, 0.25) is 0 Å². The highest BCUT2D eigenvalue weighted by molar-refractivity contribution is 7.09. The van der Waals surface area contributed by atoms with E-state index in [4.69, 9.17) is 0 Å². The first-order chi connectivity index (χ1) is 8.31. The van der Waals surface area contributed by atoms with E-state index in [2.05, 4.69) is 9.72 Å². The van der Waals surface area contributed by atoms with Crippen LogP contribution in [0.25, 0.3) is 0 Å². The van der Waals surface area contributed by atoms with Gasteiger partial charge in [0, 0.05) is 5.38 Å². The molecule has 0 aliphatic rings. The second-order valence-corrected chi connectivity index (χ2v) is 4.69. The lowest BCUT2D eigenvalue weighted by Gasteiger charge is -2.14.